The highest BCUT2D eigenvalue weighted by molar-refractivity contribution is 7.13. The molecular formula is C18H19N3O2S. The van der Waals surface area contributed by atoms with Gasteiger partial charge in [-0.15, -0.1) is 11.3 Å². The number of para-hydroxylation sites is 1. The lowest BCUT2D eigenvalue weighted by molar-refractivity contribution is -0.120. The van der Waals surface area contributed by atoms with Crippen molar-refractivity contribution in [3.63, 3.8) is 0 Å². The standard InChI is InChI=1S/C18H19N3O2S/c1-12-6-7-16(24-12)18(23)21-11-17(22)19-9-8-13-10-20-15-5-3-2-4-14(13)15/h2-7,10,20H,8-9,11H2,1H3,(H,19,22)(H,21,23). The normalized spacial score (nSPS) is 10.7. The zero-order valence-corrected chi connectivity index (χ0v) is 14.2. The van der Waals surface area contributed by atoms with Crippen LogP contribution in [-0.2, 0) is 11.2 Å². The molecule has 3 aromatic rings. The van der Waals surface area contributed by atoms with Gasteiger partial charge in [-0.1, -0.05) is 18.2 Å². The molecule has 0 bridgehead atoms. The van der Waals surface area contributed by atoms with Crippen LogP contribution >= 0.6 is 11.3 Å². The van der Waals surface area contributed by atoms with E-state index in [4.69, 9.17) is 0 Å². The second kappa shape index (κ2) is 7.31. The molecule has 124 valence electrons. The number of carbonyl (C=O) groups excluding carboxylic acids is 2. The number of hydrogen-bond donors (Lipinski definition) is 3. The van der Waals surface area contributed by atoms with Gasteiger partial charge in [0.05, 0.1) is 11.4 Å². The van der Waals surface area contributed by atoms with E-state index >= 15 is 0 Å². The van der Waals surface area contributed by atoms with Crippen molar-refractivity contribution in [3.8, 4) is 0 Å². The van der Waals surface area contributed by atoms with E-state index in [2.05, 4.69) is 21.7 Å². The van der Waals surface area contributed by atoms with Gasteiger partial charge in [0.15, 0.2) is 0 Å². The fraction of sp³-hybridized carbons (Fsp3) is 0.222. The molecule has 0 aliphatic rings. The van der Waals surface area contributed by atoms with Crippen LogP contribution < -0.4 is 10.6 Å². The smallest absolute Gasteiger partial charge is 0.261 e. The Kier molecular flexibility index (Phi) is 4.96. The summed E-state index contributed by atoms with van der Waals surface area (Å²) >= 11 is 1.42. The van der Waals surface area contributed by atoms with E-state index < -0.39 is 0 Å². The van der Waals surface area contributed by atoms with E-state index in [-0.39, 0.29) is 18.4 Å². The van der Waals surface area contributed by atoms with Crippen molar-refractivity contribution >= 4 is 34.1 Å². The minimum absolute atomic E-state index is 0.0103. The molecule has 0 unspecified atom stereocenters. The van der Waals surface area contributed by atoms with Crippen LogP contribution in [0.3, 0.4) is 0 Å². The third kappa shape index (κ3) is 3.83. The molecule has 1 aromatic carbocycles. The van der Waals surface area contributed by atoms with Crippen molar-refractivity contribution in [1.82, 2.24) is 15.6 Å². The van der Waals surface area contributed by atoms with Crippen molar-refractivity contribution in [2.45, 2.75) is 13.3 Å². The predicted molar refractivity (Wildman–Crippen MR) is 96.4 cm³/mol. The minimum atomic E-state index is -0.208. The lowest BCUT2D eigenvalue weighted by Crippen LogP contribution is -2.37. The number of carbonyl (C=O) groups is 2. The highest BCUT2D eigenvalue weighted by atomic mass is 32.1. The minimum Gasteiger partial charge on any atom is -0.361 e. The van der Waals surface area contributed by atoms with Gasteiger partial charge in [0, 0.05) is 28.5 Å². The lowest BCUT2D eigenvalue weighted by atomic mass is 10.1. The predicted octanol–water partition coefficient (Wildman–Crippen LogP) is 2.63. The molecule has 3 rings (SSSR count). The lowest BCUT2D eigenvalue weighted by Gasteiger charge is -2.06. The highest BCUT2D eigenvalue weighted by Crippen LogP contribution is 2.17. The molecule has 0 atom stereocenters. The molecule has 5 nitrogen and oxygen atoms in total. The summed E-state index contributed by atoms with van der Waals surface area (Å²) in [5.41, 5.74) is 2.27. The third-order valence-electron chi connectivity index (χ3n) is 3.77. The molecule has 0 aliphatic heterocycles. The second-order valence-corrected chi connectivity index (χ2v) is 6.84. The van der Waals surface area contributed by atoms with Gasteiger partial charge in [0.1, 0.15) is 0 Å². The van der Waals surface area contributed by atoms with Gasteiger partial charge in [-0.25, -0.2) is 0 Å². The van der Waals surface area contributed by atoms with Crippen LogP contribution in [0.5, 0.6) is 0 Å². The van der Waals surface area contributed by atoms with Crippen LogP contribution in [0.15, 0.2) is 42.6 Å². The summed E-state index contributed by atoms with van der Waals surface area (Å²) in [4.78, 5) is 28.6. The van der Waals surface area contributed by atoms with E-state index in [0.29, 0.717) is 11.4 Å². The number of aryl methyl sites for hydroxylation is 1. The summed E-state index contributed by atoms with van der Waals surface area (Å²) in [6.45, 7) is 2.47. The number of thiophene rings is 1. The number of amides is 2. The summed E-state index contributed by atoms with van der Waals surface area (Å²) in [5, 5.41) is 6.65. The highest BCUT2D eigenvalue weighted by Gasteiger charge is 2.10. The van der Waals surface area contributed by atoms with Crippen LogP contribution in [0.25, 0.3) is 10.9 Å². The first-order valence-electron chi connectivity index (χ1n) is 7.80. The van der Waals surface area contributed by atoms with Crippen LogP contribution in [-0.4, -0.2) is 29.9 Å². The fourth-order valence-corrected chi connectivity index (χ4v) is 3.33. The Morgan fingerprint density at radius 1 is 1.12 bits per heavy atom. The van der Waals surface area contributed by atoms with E-state index in [9.17, 15) is 9.59 Å². The average molecular weight is 341 g/mol. The largest absolute Gasteiger partial charge is 0.361 e. The first kappa shape index (κ1) is 16.3. The van der Waals surface area contributed by atoms with Gasteiger partial charge in [-0.2, -0.15) is 0 Å². The molecule has 0 saturated heterocycles. The topological polar surface area (TPSA) is 74.0 Å². The Morgan fingerprint density at radius 2 is 1.96 bits per heavy atom. The third-order valence-corrected chi connectivity index (χ3v) is 4.76. The van der Waals surface area contributed by atoms with E-state index in [0.717, 1.165) is 16.8 Å². The van der Waals surface area contributed by atoms with Gasteiger partial charge in [0.2, 0.25) is 5.91 Å². The van der Waals surface area contributed by atoms with Crippen LogP contribution in [0, 0.1) is 6.92 Å². The van der Waals surface area contributed by atoms with Crippen LogP contribution in [0.2, 0.25) is 0 Å². The average Bonchev–Trinajstić information content (AvgIpc) is 3.19. The van der Waals surface area contributed by atoms with Gasteiger partial charge in [-0.05, 0) is 37.1 Å². The number of H-pyrrole nitrogens is 1. The maximum Gasteiger partial charge on any atom is 0.261 e. The van der Waals surface area contributed by atoms with Crippen molar-refractivity contribution in [2.24, 2.45) is 0 Å². The van der Waals surface area contributed by atoms with Gasteiger partial charge in [-0.3, -0.25) is 9.59 Å². The number of fused-ring (bicyclic) bond motifs is 1. The quantitative estimate of drug-likeness (QED) is 0.645. The molecule has 2 amide bonds. The number of nitrogens with one attached hydrogen (secondary N) is 3. The summed E-state index contributed by atoms with van der Waals surface area (Å²) in [7, 11) is 0. The fourth-order valence-electron chi connectivity index (χ4n) is 2.54. The monoisotopic (exact) mass is 341 g/mol. The summed E-state index contributed by atoms with van der Waals surface area (Å²) in [5.74, 6) is -0.392. The molecule has 0 saturated carbocycles. The maximum absolute atomic E-state index is 11.9. The van der Waals surface area contributed by atoms with Crippen molar-refractivity contribution in [1.29, 1.82) is 0 Å². The maximum atomic E-state index is 11.9. The van der Waals surface area contributed by atoms with Gasteiger partial charge >= 0.3 is 0 Å². The Labute approximate surface area is 144 Å². The molecule has 2 heterocycles. The summed E-state index contributed by atoms with van der Waals surface area (Å²) in [6.07, 6.45) is 2.71. The molecule has 3 N–H and O–H groups in total. The van der Waals surface area contributed by atoms with Crippen molar-refractivity contribution < 1.29 is 9.59 Å². The zero-order valence-electron chi connectivity index (χ0n) is 13.4. The van der Waals surface area contributed by atoms with Crippen LogP contribution in [0.4, 0.5) is 0 Å². The zero-order chi connectivity index (χ0) is 16.9. The van der Waals surface area contributed by atoms with Crippen LogP contribution in [0.1, 0.15) is 20.1 Å². The van der Waals surface area contributed by atoms with E-state index in [1.807, 2.05) is 37.4 Å². The molecule has 0 fully saturated rings. The number of aromatic amines is 1. The number of rotatable bonds is 6. The Bertz CT molecular complexity index is 866. The molecule has 24 heavy (non-hydrogen) atoms. The number of hydrogen-bond acceptors (Lipinski definition) is 3. The molecule has 2 aromatic heterocycles. The number of benzene rings is 1. The summed E-state index contributed by atoms with van der Waals surface area (Å²) < 4.78 is 0. The number of aromatic nitrogens is 1. The van der Waals surface area contributed by atoms with E-state index in [1.54, 1.807) is 6.07 Å². The SMILES string of the molecule is Cc1ccc(C(=O)NCC(=O)NCCc2c[nH]c3ccccc23)s1. The first-order chi connectivity index (χ1) is 11.6. The van der Waals surface area contributed by atoms with Crippen molar-refractivity contribution in [3.05, 3.63) is 57.9 Å². The molecule has 0 spiro atoms. The Morgan fingerprint density at radius 3 is 2.75 bits per heavy atom. The molecule has 0 radical (unpaired) electrons. The first-order valence-corrected chi connectivity index (χ1v) is 8.61. The summed E-state index contributed by atoms with van der Waals surface area (Å²) in [6, 6.07) is 11.7. The van der Waals surface area contributed by atoms with Crippen molar-refractivity contribution in [2.75, 3.05) is 13.1 Å². The van der Waals surface area contributed by atoms with Gasteiger partial charge < -0.3 is 15.6 Å². The van der Waals surface area contributed by atoms with Gasteiger partial charge in [0.25, 0.3) is 5.91 Å². The molecular weight excluding hydrogens is 322 g/mol. The Hall–Kier alpha value is -2.60. The van der Waals surface area contributed by atoms with E-state index in [1.165, 1.54) is 22.3 Å². The molecule has 0 aliphatic carbocycles. The molecule has 6 heteroatoms. The Balaban J connectivity index is 1.43. The second-order valence-electron chi connectivity index (χ2n) is 5.55.